The van der Waals surface area contributed by atoms with E-state index in [1.165, 1.54) is 154 Å². The summed E-state index contributed by atoms with van der Waals surface area (Å²) < 4.78 is 0. The van der Waals surface area contributed by atoms with Crippen molar-refractivity contribution >= 4 is 0 Å². The summed E-state index contributed by atoms with van der Waals surface area (Å²) in [5.74, 6) is 0. The molecule has 0 radical (unpaired) electrons. The van der Waals surface area contributed by atoms with E-state index in [2.05, 4.69) is 55.5 Å². The van der Waals surface area contributed by atoms with E-state index < -0.39 is 0 Å². The van der Waals surface area contributed by atoms with Crippen LogP contribution in [0.25, 0.3) is 0 Å². The maximum absolute atomic E-state index is 9.25. The van der Waals surface area contributed by atoms with Gasteiger partial charge in [0, 0.05) is 0 Å². The first-order chi connectivity index (χ1) is 18.8. The van der Waals surface area contributed by atoms with E-state index in [9.17, 15) is 5.11 Å². The lowest BCUT2D eigenvalue weighted by Crippen LogP contribution is -1.97. The number of aliphatic hydroxyl groups is 1. The second-order valence-electron chi connectivity index (χ2n) is 11.5. The minimum atomic E-state index is -0.129. The van der Waals surface area contributed by atoms with E-state index in [-0.39, 0.29) is 6.10 Å². The van der Waals surface area contributed by atoms with Crippen LogP contribution >= 0.6 is 0 Å². The van der Waals surface area contributed by atoms with Gasteiger partial charge in [0.25, 0.3) is 0 Å². The Hall–Kier alpha value is -1.08. The van der Waals surface area contributed by atoms with Gasteiger partial charge in [-0.25, -0.2) is 0 Å². The fraction of sp³-hybridized carbons (Fsp3) is 0.784. The molecule has 1 nitrogen and oxygen atoms in total. The SMILES string of the molecule is CCCCCCC/C=C/CCCCC/C=C/CCCCC/C=C/CCCCC/C=C/CCCCCC(C)O. The van der Waals surface area contributed by atoms with E-state index in [1.807, 2.05) is 6.92 Å². The van der Waals surface area contributed by atoms with Gasteiger partial charge in [0.2, 0.25) is 0 Å². The topological polar surface area (TPSA) is 20.2 Å². The highest BCUT2D eigenvalue weighted by atomic mass is 16.3. The van der Waals surface area contributed by atoms with Crippen molar-refractivity contribution in [1.29, 1.82) is 0 Å². The van der Waals surface area contributed by atoms with Crippen LogP contribution in [-0.4, -0.2) is 11.2 Å². The van der Waals surface area contributed by atoms with Crippen molar-refractivity contribution in [3.8, 4) is 0 Å². The lowest BCUT2D eigenvalue weighted by atomic mass is 10.1. The number of allylic oxidation sites excluding steroid dienone is 8. The lowest BCUT2D eigenvalue weighted by molar-refractivity contribution is 0.180. The summed E-state index contributed by atoms with van der Waals surface area (Å²) in [4.78, 5) is 0. The molecular weight excluding hydrogens is 460 g/mol. The molecule has 1 heteroatoms. The van der Waals surface area contributed by atoms with Gasteiger partial charge in [0.05, 0.1) is 6.10 Å². The minimum absolute atomic E-state index is 0.129. The molecule has 1 unspecified atom stereocenters. The highest BCUT2D eigenvalue weighted by Gasteiger charge is 1.94. The Balaban J connectivity index is 3.23. The maximum Gasteiger partial charge on any atom is 0.0512 e. The van der Waals surface area contributed by atoms with E-state index in [1.54, 1.807) is 0 Å². The average Bonchev–Trinajstić information content (AvgIpc) is 2.91. The van der Waals surface area contributed by atoms with E-state index in [4.69, 9.17) is 0 Å². The predicted octanol–water partition coefficient (Wildman–Crippen LogP) is 12.8. The van der Waals surface area contributed by atoms with Crippen molar-refractivity contribution in [2.75, 3.05) is 0 Å². The predicted molar refractivity (Wildman–Crippen MR) is 174 cm³/mol. The molecule has 0 heterocycles. The zero-order chi connectivity index (χ0) is 27.6. The monoisotopic (exact) mass is 529 g/mol. The first-order valence-electron chi connectivity index (χ1n) is 17.1. The fourth-order valence-corrected chi connectivity index (χ4v) is 4.79. The van der Waals surface area contributed by atoms with E-state index in [0.29, 0.717) is 0 Å². The van der Waals surface area contributed by atoms with Crippen LogP contribution in [0, 0.1) is 0 Å². The molecule has 0 fully saturated rings. The highest BCUT2D eigenvalue weighted by molar-refractivity contribution is 4.85. The lowest BCUT2D eigenvalue weighted by Gasteiger charge is -2.02. The quantitative estimate of drug-likeness (QED) is 0.0726. The third-order valence-electron chi connectivity index (χ3n) is 7.36. The van der Waals surface area contributed by atoms with Gasteiger partial charge in [-0.05, 0) is 116 Å². The van der Waals surface area contributed by atoms with Crippen molar-refractivity contribution in [3.05, 3.63) is 48.6 Å². The molecule has 0 saturated carbocycles. The number of aliphatic hydroxyl groups excluding tert-OH is 1. The summed E-state index contributed by atoms with van der Waals surface area (Å²) in [5, 5.41) is 9.25. The van der Waals surface area contributed by atoms with E-state index in [0.717, 1.165) is 12.8 Å². The molecule has 0 spiro atoms. The molecule has 0 aliphatic rings. The molecule has 0 aliphatic heterocycles. The second kappa shape index (κ2) is 33.9. The molecule has 1 N–H and O–H groups in total. The Morgan fingerprint density at radius 1 is 0.368 bits per heavy atom. The first kappa shape index (κ1) is 36.9. The largest absolute Gasteiger partial charge is 0.393 e. The van der Waals surface area contributed by atoms with Crippen molar-refractivity contribution in [2.45, 2.75) is 187 Å². The molecule has 0 saturated heterocycles. The van der Waals surface area contributed by atoms with Gasteiger partial charge in [-0.15, -0.1) is 0 Å². The summed E-state index contributed by atoms with van der Waals surface area (Å²) in [7, 11) is 0. The van der Waals surface area contributed by atoms with Crippen LogP contribution in [-0.2, 0) is 0 Å². The molecule has 0 amide bonds. The van der Waals surface area contributed by atoms with Crippen LogP contribution in [0.4, 0.5) is 0 Å². The van der Waals surface area contributed by atoms with Crippen molar-refractivity contribution in [1.82, 2.24) is 0 Å². The highest BCUT2D eigenvalue weighted by Crippen LogP contribution is 2.11. The van der Waals surface area contributed by atoms with Crippen LogP contribution in [0.3, 0.4) is 0 Å². The smallest absolute Gasteiger partial charge is 0.0512 e. The van der Waals surface area contributed by atoms with E-state index >= 15 is 0 Å². The molecule has 0 aromatic heterocycles. The summed E-state index contributed by atoms with van der Waals surface area (Å²) in [6.45, 7) is 4.17. The minimum Gasteiger partial charge on any atom is -0.393 e. The molecule has 0 aromatic carbocycles. The molecule has 1 atom stereocenters. The second-order valence-corrected chi connectivity index (χ2v) is 11.5. The number of hydrogen-bond acceptors (Lipinski definition) is 1. The summed E-state index contributed by atoms with van der Waals surface area (Å²) in [6, 6.07) is 0. The Bertz CT molecular complexity index is 539. The molecule has 38 heavy (non-hydrogen) atoms. The standard InChI is InChI=1S/C37H68O/c1-3-4-5-6-7-8-9-10-11-12-13-14-15-16-17-18-19-20-21-22-23-24-25-26-27-28-29-30-31-32-33-34-35-36-37(2)38/h9-10,16-17,23-24,30-31,37-38H,3-8,11-15,18-22,25-29,32-36H2,1-2H3/b10-9+,17-16+,24-23+,31-30+. The summed E-state index contributed by atoms with van der Waals surface area (Å²) in [6.07, 6.45) is 52.9. The van der Waals surface area contributed by atoms with Crippen LogP contribution in [0.5, 0.6) is 0 Å². The van der Waals surface area contributed by atoms with Crippen LogP contribution in [0.1, 0.15) is 181 Å². The van der Waals surface area contributed by atoms with Crippen molar-refractivity contribution in [3.63, 3.8) is 0 Å². The summed E-state index contributed by atoms with van der Waals surface area (Å²) in [5.41, 5.74) is 0. The van der Waals surface area contributed by atoms with Gasteiger partial charge in [0.1, 0.15) is 0 Å². The van der Waals surface area contributed by atoms with Crippen molar-refractivity contribution in [2.24, 2.45) is 0 Å². The number of hydrogen-bond donors (Lipinski definition) is 1. The average molecular weight is 529 g/mol. The van der Waals surface area contributed by atoms with Gasteiger partial charge in [-0.3, -0.25) is 0 Å². The Morgan fingerprint density at radius 3 is 0.868 bits per heavy atom. The zero-order valence-electron chi connectivity index (χ0n) is 26.0. The van der Waals surface area contributed by atoms with Gasteiger partial charge in [0.15, 0.2) is 0 Å². The zero-order valence-corrected chi connectivity index (χ0v) is 26.0. The summed E-state index contributed by atoms with van der Waals surface area (Å²) >= 11 is 0. The molecule has 0 aromatic rings. The maximum atomic E-state index is 9.25. The van der Waals surface area contributed by atoms with Gasteiger partial charge < -0.3 is 5.11 Å². The van der Waals surface area contributed by atoms with Gasteiger partial charge in [-0.2, -0.15) is 0 Å². The first-order valence-corrected chi connectivity index (χ1v) is 17.1. The van der Waals surface area contributed by atoms with Gasteiger partial charge >= 0.3 is 0 Å². The fourth-order valence-electron chi connectivity index (χ4n) is 4.79. The van der Waals surface area contributed by atoms with Crippen LogP contribution in [0.15, 0.2) is 48.6 Å². The molecular formula is C37H68O. The molecule has 0 bridgehead atoms. The molecule has 0 rings (SSSR count). The van der Waals surface area contributed by atoms with Crippen LogP contribution < -0.4 is 0 Å². The number of rotatable bonds is 30. The Kier molecular flexibility index (Phi) is 33.0. The third-order valence-corrected chi connectivity index (χ3v) is 7.36. The van der Waals surface area contributed by atoms with Crippen molar-refractivity contribution < 1.29 is 5.11 Å². The molecule has 222 valence electrons. The van der Waals surface area contributed by atoms with Crippen LogP contribution in [0.2, 0.25) is 0 Å². The normalized spacial score (nSPS) is 13.2. The molecule has 0 aliphatic carbocycles. The Labute approximate surface area is 240 Å². The Morgan fingerprint density at radius 2 is 0.605 bits per heavy atom. The van der Waals surface area contributed by atoms with Gasteiger partial charge in [-0.1, -0.05) is 113 Å². The number of unbranched alkanes of at least 4 members (excludes halogenated alkanes) is 20. The third kappa shape index (κ3) is 34.9.